The first-order chi connectivity index (χ1) is 13.8. The molecule has 1 aromatic carbocycles. The first-order valence-corrected chi connectivity index (χ1v) is 10.1. The van der Waals surface area contributed by atoms with Crippen molar-refractivity contribution in [3.05, 3.63) is 57.2 Å². The SMILES string of the molecule is CCOC(=O)C12CCCC(C=CC(=O)O)=C1N(Cc1ccc(Cl)cc1Cl)C(=O)C2. The minimum atomic E-state index is -1.10. The maximum absolute atomic E-state index is 13.0. The van der Waals surface area contributed by atoms with E-state index in [1.165, 1.54) is 11.0 Å². The number of carbonyl (C=O) groups excluding carboxylic acids is 2. The minimum absolute atomic E-state index is 0.00319. The molecule has 0 spiro atoms. The van der Waals surface area contributed by atoms with Crippen molar-refractivity contribution in [2.75, 3.05) is 6.61 Å². The van der Waals surface area contributed by atoms with E-state index in [2.05, 4.69) is 0 Å². The molecular formula is C21H21Cl2NO5. The van der Waals surface area contributed by atoms with Gasteiger partial charge in [-0.15, -0.1) is 0 Å². The van der Waals surface area contributed by atoms with Gasteiger partial charge in [0.05, 0.1) is 13.2 Å². The van der Waals surface area contributed by atoms with Crippen LogP contribution in [0.15, 0.2) is 41.6 Å². The van der Waals surface area contributed by atoms with Gasteiger partial charge in [0.1, 0.15) is 5.41 Å². The predicted octanol–water partition coefficient (Wildman–Crippen LogP) is 4.35. The topological polar surface area (TPSA) is 83.9 Å². The summed E-state index contributed by atoms with van der Waals surface area (Å²) in [5.74, 6) is -1.77. The number of halogens is 2. The molecule has 1 N–H and O–H groups in total. The number of esters is 1. The van der Waals surface area contributed by atoms with Crippen LogP contribution in [-0.4, -0.2) is 34.5 Å². The van der Waals surface area contributed by atoms with Gasteiger partial charge in [-0.25, -0.2) is 4.79 Å². The number of allylic oxidation sites excluding steroid dienone is 2. The van der Waals surface area contributed by atoms with Crippen LogP contribution in [0.1, 0.15) is 38.2 Å². The summed E-state index contributed by atoms with van der Waals surface area (Å²) in [6.07, 6.45) is 4.20. The molecule has 154 valence electrons. The lowest BCUT2D eigenvalue weighted by Gasteiger charge is -2.35. The van der Waals surface area contributed by atoms with Crippen molar-refractivity contribution in [3.63, 3.8) is 0 Å². The van der Waals surface area contributed by atoms with Crippen molar-refractivity contribution >= 4 is 41.0 Å². The largest absolute Gasteiger partial charge is 0.478 e. The molecule has 0 aromatic heterocycles. The summed E-state index contributed by atoms with van der Waals surface area (Å²) in [6, 6.07) is 5.01. The zero-order valence-corrected chi connectivity index (χ0v) is 17.4. The van der Waals surface area contributed by atoms with E-state index in [9.17, 15) is 14.4 Å². The molecule has 6 nitrogen and oxygen atoms in total. The molecule has 0 bridgehead atoms. The normalized spacial score (nSPS) is 21.6. The predicted molar refractivity (Wildman–Crippen MR) is 108 cm³/mol. The lowest BCUT2D eigenvalue weighted by molar-refractivity contribution is -0.154. The van der Waals surface area contributed by atoms with Crippen LogP contribution in [0.4, 0.5) is 0 Å². The number of amides is 1. The fourth-order valence-corrected chi connectivity index (χ4v) is 4.54. The Kier molecular flexibility index (Phi) is 6.34. The van der Waals surface area contributed by atoms with E-state index in [1.54, 1.807) is 25.1 Å². The number of rotatable bonds is 6. The first kappa shape index (κ1) is 21.4. The summed E-state index contributed by atoms with van der Waals surface area (Å²) < 4.78 is 5.31. The molecule has 1 aliphatic heterocycles. The molecule has 1 fully saturated rings. The number of likely N-dealkylation sites (tertiary alicyclic amines) is 1. The number of aliphatic carboxylic acids is 1. The Morgan fingerprint density at radius 3 is 2.76 bits per heavy atom. The Labute approximate surface area is 178 Å². The molecule has 1 amide bonds. The third kappa shape index (κ3) is 4.19. The third-order valence-electron chi connectivity index (χ3n) is 5.27. The number of carboxylic acid groups (broad SMARTS) is 1. The number of hydrogen-bond donors (Lipinski definition) is 1. The molecule has 2 aliphatic rings. The van der Waals surface area contributed by atoms with Gasteiger partial charge in [0.15, 0.2) is 0 Å². The van der Waals surface area contributed by atoms with E-state index in [0.717, 1.165) is 6.08 Å². The molecule has 0 saturated carbocycles. The zero-order valence-electron chi connectivity index (χ0n) is 15.9. The summed E-state index contributed by atoms with van der Waals surface area (Å²) >= 11 is 12.3. The van der Waals surface area contributed by atoms with E-state index in [1.807, 2.05) is 0 Å². The van der Waals surface area contributed by atoms with E-state index >= 15 is 0 Å². The molecule has 1 aromatic rings. The highest BCUT2D eigenvalue weighted by Gasteiger charge is 2.56. The maximum Gasteiger partial charge on any atom is 0.328 e. The van der Waals surface area contributed by atoms with Crippen molar-refractivity contribution in [1.29, 1.82) is 0 Å². The molecule has 1 atom stereocenters. The number of benzene rings is 1. The second kappa shape index (κ2) is 8.59. The Hall–Kier alpha value is -2.31. The standard InChI is InChI=1S/C21H21Cl2NO5/c1-2-29-20(28)21-9-3-4-13(6-8-18(26)27)19(21)24(17(25)11-21)12-14-5-7-15(22)10-16(14)23/h5-8,10H,2-4,9,11-12H2,1H3,(H,26,27). The van der Waals surface area contributed by atoms with Crippen LogP contribution in [0.3, 0.4) is 0 Å². The smallest absolute Gasteiger partial charge is 0.328 e. The van der Waals surface area contributed by atoms with Crippen molar-refractivity contribution in [2.24, 2.45) is 5.41 Å². The van der Waals surface area contributed by atoms with Crippen LogP contribution in [0.25, 0.3) is 0 Å². The zero-order chi connectivity index (χ0) is 21.2. The van der Waals surface area contributed by atoms with Crippen molar-refractivity contribution in [2.45, 2.75) is 39.2 Å². The highest BCUT2D eigenvalue weighted by Crippen LogP contribution is 2.52. The van der Waals surface area contributed by atoms with Gasteiger partial charge in [-0.1, -0.05) is 35.3 Å². The molecule has 1 aliphatic carbocycles. The minimum Gasteiger partial charge on any atom is -0.478 e. The molecule has 29 heavy (non-hydrogen) atoms. The van der Waals surface area contributed by atoms with Crippen LogP contribution in [0, 0.1) is 5.41 Å². The highest BCUT2D eigenvalue weighted by atomic mass is 35.5. The summed E-state index contributed by atoms with van der Waals surface area (Å²) in [6.45, 7) is 2.08. The molecule has 0 radical (unpaired) electrons. The van der Waals surface area contributed by atoms with Gasteiger partial charge >= 0.3 is 11.9 Å². The van der Waals surface area contributed by atoms with E-state index in [4.69, 9.17) is 33.0 Å². The molecule has 1 heterocycles. The fraction of sp³-hybridized carbons (Fsp3) is 0.381. The van der Waals surface area contributed by atoms with E-state index in [0.29, 0.717) is 46.1 Å². The lowest BCUT2D eigenvalue weighted by atomic mass is 9.73. The van der Waals surface area contributed by atoms with Crippen LogP contribution in [0.5, 0.6) is 0 Å². The van der Waals surface area contributed by atoms with E-state index < -0.39 is 17.4 Å². The number of carbonyl (C=O) groups is 3. The summed E-state index contributed by atoms with van der Waals surface area (Å²) in [4.78, 5) is 38.5. The van der Waals surface area contributed by atoms with Crippen LogP contribution in [-0.2, 0) is 25.7 Å². The van der Waals surface area contributed by atoms with Gasteiger partial charge < -0.3 is 14.7 Å². The third-order valence-corrected chi connectivity index (χ3v) is 5.85. The second-order valence-corrected chi connectivity index (χ2v) is 7.94. The number of nitrogens with zero attached hydrogens (tertiary/aromatic N) is 1. The Morgan fingerprint density at radius 2 is 2.10 bits per heavy atom. The molecule has 1 saturated heterocycles. The van der Waals surface area contributed by atoms with Gasteiger partial charge in [0.2, 0.25) is 5.91 Å². The van der Waals surface area contributed by atoms with Crippen LogP contribution in [0.2, 0.25) is 10.0 Å². The summed E-state index contributed by atoms with van der Waals surface area (Å²) in [5.41, 5.74) is 0.768. The number of carboxylic acids is 1. The second-order valence-electron chi connectivity index (χ2n) is 7.09. The quantitative estimate of drug-likeness (QED) is 0.527. The van der Waals surface area contributed by atoms with Gasteiger partial charge in [-0.05, 0) is 49.5 Å². The van der Waals surface area contributed by atoms with Gasteiger partial charge in [0.25, 0.3) is 0 Å². The molecule has 1 unspecified atom stereocenters. The lowest BCUT2D eigenvalue weighted by Crippen LogP contribution is -2.37. The van der Waals surface area contributed by atoms with Crippen LogP contribution >= 0.6 is 23.2 Å². The molecular weight excluding hydrogens is 417 g/mol. The van der Waals surface area contributed by atoms with Gasteiger partial charge in [-0.2, -0.15) is 0 Å². The molecule has 8 heteroatoms. The number of fused-ring (bicyclic) bond motifs is 1. The average Bonchev–Trinajstić information content (AvgIpc) is 2.95. The first-order valence-electron chi connectivity index (χ1n) is 9.34. The van der Waals surface area contributed by atoms with Crippen molar-refractivity contribution in [1.82, 2.24) is 4.90 Å². The van der Waals surface area contributed by atoms with Crippen molar-refractivity contribution < 1.29 is 24.2 Å². The highest BCUT2D eigenvalue weighted by molar-refractivity contribution is 6.35. The molecule has 3 rings (SSSR count). The Balaban J connectivity index is 2.10. The summed E-state index contributed by atoms with van der Waals surface area (Å²) in [7, 11) is 0. The average molecular weight is 438 g/mol. The van der Waals surface area contributed by atoms with Crippen molar-refractivity contribution in [3.8, 4) is 0 Å². The van der Waals surface area contributed by atoms with Gasteiger partial charge in [0, 0.05) is 28.2 Å². The van der Waals surface area contributed by atoms with E-state index in [-0.39, 0.29) is 25.5 Å². The number of ether oxygens (including phenoxy) is 1. The van der Waals surface area contributed by atoms with Gasteiger partial charge in [-0.3, -0.25) is 9.59 Å². The van der Waals surface area contributed by atoms with Crippen LogP contribution < -0.4 is 0 Å². The monoisotopic (exact) mass is 437 g/mol. The maximum atomic E-state index is 13.0. The Morgan fingerprint density at radius 1 is 1.34 bits per heavy atom. The summed E-state index contributed by atoms with van der Waals surface area (Å²) in [5, 5.41) is 9.94. The Bertz CT molecular complexity index is 924. The number of hydrogen-bond acceptors (Lipinski definition) is 4. The fourth-order valence-electron chi connectivity index (χ4n) is 4.07.